The third-order valence-corrected chi connectivity index (χ3v) is 3.58. The molecule has 2 aromatic carbocycles. The first kappa shape index (κ1) is 17.9. The van der Waals surface area contributed by atoms with Crippen molar-refractivity contribution in [3.8, 4) is 0 Å². The minimum atomic E-state index is -0.343. The molecule has 2 rings (SSSR count). The van der Waals surface area contributed by atoms with Gasteiger partial charge < -0.3 is 10.2 Å². The molecule has 0 fully saturated rings. The maximum atomic E-state index is 12.9. The summed E-state index contributed by atoms with van der Waals surface area (Å²) in [5, 5.41) is 3.37. The summed E-state index contributed by atoms with van der Waals surface area (Å²) in [6, 6.07) is 13.5. The van der Waals surface area contributed by atoms with Crippen molar-refractivity contribution >= 4 is 17.5 Å². The number of benzene rings is 2. The number of allylic oxidation sites excluding steroid dienone is 1. The lowest BCUT2D eigenvalue weighted by atomic mass is 10.1. The zero-order chi connectivity index (χ0) is 17.4. The lowest BCUT2D eigenvalue weighted by Crippen LogP contribution is -2.16. The van der Waals surface area contributed by atoms with Gasteiger partial charge in [0.15, 0.2) is 5.78 Å². The van der Waals surface area contributed by atoms with Gasteiger partial charge in [-0.3, -0.25) is 4.79 Å². The van der Waals surface area contributed by atoms with E-state index >= 15 is 0 Å². The number of hydrogen-bond donors (Lipinski definition) is 1. The Kier molecular flexibility index (Phi) is 6.70. The summed E-state index contributed by atoms with van der Waals surface area (Å²) in [5.74, 6) is -0.481. The molecule has 0 aliphatic carbocycles. The molecule has 0 spiro atoms. The molecule has 3 nitrogen and oxygen atoms in total. The number of ketones is 1. The van der Waals surface area contributed by atoms with Crippen molar-refractivity contribution in [2.75, 3.05) is 32.5 Å². The summed E-state index contributed by atoms with van der Waals surface area (Å²) in [5.41, 5.74) is 2.49. The largest absolute Gasteiger partial charge is 0.385 e. The van der Waals surface area contributed by atoms with Gasteiger partial charge in [-0.25, -0.2) is 4.39 Å². The van der Waals surface area contributed by atoms with Gasteiger partial charge in [-0.15, -0.1) is 0 Å². The van der Waals surface area contributed by atoms with Crippen LogP contribution >= 0.6 is 0 Å². The zero-order valence-electron chi connectivity index (χ0n) is 14.1. The molecular weight excluding hydrogens is 303 g/mol. The standard InChI is InChI=1S/C20H23FN2O/c1-23(2)15-3-14-22-19-11-4-16(5-12-19)6-13-20(24)17-7-9-18(21)10-8-17/h4-13,22H,3,14-15H2,1-2H3/b13-6+. The smallest absolute Gasteiger partial charge is 0.185 e. The number of carbonyl (C=O) groups is 1. The summed E-state index contributed by atoms with van der Waals surface area (Å²) in [6.07, 6.45) is 4.36. The average molecular weight is 326 g/mol. The number of nitrogens with zero attached hydrogens (tertiary/aromatic N) is 1. The first-order valence-electron chi connectivity index (χ1n) is 8.01. The predicted octanol–water partition coefficient (Wildman–Crippen LogP) is 4.09. The Morgan fingerprint density at radius 3 is 2.38 bits per heavy atom. The normalized spacial score (nSPS) is 11.2. The van der Waals surface area contributed by atoms with Crippen molar-refractivity contribution in [1.29, 1.82) is 0 Å². The third-order valence-electron chi connectivity index (χ3n) is 3.58. The van der Waals surface area contributed by atoms with Crippen LogP contribution in [0.25, 0.3) is 6.08 Å². The average Bonchev–Trinajstić information content (AvgIpc) is 2.58. The van der Waals surface area contributed by atoms with E-state index in [-0.39, 0.29) is 11.6 Å². The quantitative estimate of drug-likeness (QED) is 0.450. The van der Waals surface area contributed by atoms with Crippen LogP contribution in [0.2, 0.25) is 0 Å². The molecule has 0 aliphatic heterocycles. The molecule has 0 heterocycles. The van der Waals surface area contributed by atoms with E-state index in [9.17, 15) is 9.18 Å². The van der Waals surface area contributed by atoms with E-state index in [2.05, 4.69) is 24.3 Å². The van der Waals surface area contributed by atoms with Crippen LogP contribution in [0.15, 0.2) is 54.6 Å². The molecule has 24 heavy (non-hydrogen) atoms. The fourth-order valence-corrected chi connectivity index (χ4v) is 2.22. The molecule has 0 saturated heterocycles. The van der Waals surface area contributed by atoms with Crippen molar-refractivity contribution < 1.29 is 9.18 Å². The van der Waals surface area contributed by atoms with E-state index in [1.807, 2.05) is 24.3 Å². The molecule has 0 unspecified atom stereocenters. The van der Waals surface area contributed by atoms with E-state index in [4.69, 9.17) is 0 Å². The Balaban J connectivity index is 1.86. The Hall–Kier alpha value is -2.46. The van der Waals surface area contributed by atoms with Gasteiger partial charge in [0.1, 0.15) is 5.82 Å². The predicted molar refractivity (Wildman–Crippen MR) is 97.9 cm³/mol. The lowest BCUT2D eigenvalue weighted by molar-refractivity contribution is 0.104. The van der Waals surface area contributed by atoms with Gasteiger partial charge in [-0.1, -0.05) is 18.2 Å². The van der Waals surface area contributed by atoms with Crippen LogP contribution in [-0.2, 0) is 0 Å². The van der Waals surface area contributed by atoms with Crippen molar-refractivity contribution in [3.05, 3.63) is 71.6 Å². The van der Waals surface area contributed by atoms with E-state index in [1.54, 1.807) is 6.08 Å². The zero-order valence-corrected chi connectivity index (χ0v) is 14.1. The second-order valence-corrected chi connectivity index (χ2v) is 5.91. The first-order valence-corrected chi connectivity index (χ1v) is 8.01. The molecule has 0 atom stereocenters. The topological polar surface area (TPSA) is 32.3 Å². The van der Waals surface area contributed by atoms with Gasteiger partial charge in [0.2, 0.25) is 0 Å². The molecule has 0 amide bonds. The number of nitrogens with one attached hydrogen (secondary N) is 1. The summed E-state index contributed by atoms with van der Waals surface area (Å²) in [6.45, 7) is 1.98. The third kappa shape index (κ3) is 5.97. The highest BCUT2D eigenvalue weighted by atomic mass is 19.1. The maximum Gasteiger partial charge on any atom is 0.185 e. The fraction of sp³-hybridized carbons (Fsp3) is 0.250. The van der Waals surface area contributed by atoms with E-state index in [0.717, 1.165) is 30.8 Å². The lowest BCUT2D eigenvalue weighted by Gasteiger charge is -2.10. The first-order chi connectivity index (χ1) is 11.5. The molecule has 126 valence electrons. The number of anilines is 1. The maximum absolute atomic E-state index is 12.9. The highest BCUT2D eigenvalue weighted by Gasteiger charge is 2.01. The Bertz CT molecular complexity index is 676. The Morgan fingerprint density at radius 1 is 1.08 bits per heavy atom. The monoisotopic (exact) mass is 326 g/mol. The van der Waals surface area contributed by atoms with Gasteiger partial charge in [-0.05, 0) is 75.1 Å². The Labute approximate surface area is 142 Å². The second-order valence-electron chi connectivity index (χ2n) is 5.91. The van der Waals surface area contributed by atoms with Crippen molar-refractivity contribution in [2.24, 2.45) is 0 Å². The van der Waals surface area contributed by atoms with Crippen LogP contribution < -0.4 is 5.32 Å². The summed E-state index contributed by atoms with van der Waals surface area (Å²) in [4.78, 5) is 14.2. The van der Waals surface area contributed by atoms with E-state index in [0.29, 0.717) is 5.56 Å². The van der Waals surface area contributed by atoms with Crippen molar-refractivity contribution in [3.63, 3.8) is 0 Å². The highest BCUT2D eigenvalue weighted by Crippen LogP contribution is 2.12. The summed E-state index contributed by atoms with van der Waals surface area (Å²) < 4.78 is 12.9. The molecule has 0 aromatic heterocycles. The van der Waals surface area contributed by atoms with Gasteiger partial charge in [0, 0.05) is 17.8 Å². The molecule has 0 radical (unpaired) electrons. The molecule has 1 N–H and O–H groups in total. The van der Waals surface area contributed by atoms with E-state index in [1.165, 1.54) is 30.3 Å². The van der Waals surface area contributed by atoms with Crippen molar-refractivity contribution in [1.82, 2.24) is 4.90 Å². The number of hydrogen-bond acceptors (Lipinski definition) is 3. The van der Waals surface area contributed by atoms with Crippen LogP contribution in [0.3, 0.4) is 0 Å². The van der Waals surface area contributed by atoms with Crippen molar-refractivity contribution in [2.45, 2.75) is 6.42 Å². The summed E-state index contributed by atoms with van der Waals surface area (Å²) in [7, 11) is 4.13. The van der Waals surface area contributed by atoms with Gasteiger partial charge in [0.25, 0.3) is 0 Å². The highest BCUT2D eigenvalue weighted by molar-refractivity contribution is 6.06. The summed E-state index contributed by atoms with van der Waals surface area (Å²) >= 11 is 0. The van der Waals surface area contributed by atoms with Crippen LogP contribution in [-0.4, -0.2) is 37.9 Å². The fourth-order valence-electron chi connectivity index (χ4n) is 2.22. The minimum absolute atomic E-state index is 0.138. The molecule has 0 saturated carbocycles. The van der Waals surface area contributed by atoms with E-state index < -0.39 is 0 Å². The number of carbonyl (C=O) groups excluding carboxylic acids is 1. The molecule has 0 aliphatic rings. The van der Waals surface area contributed by atoms with Crippen LogP contribution in [0.1, 0.15) is 22.3 Å². The molecule has 2 aromatic rings. The number of rotatable bonds is 8. The van der Waals surface area contributed by atoms with Crippen LogP contribution in [0.5, 0.6) is 0 Å². The van der Waals surface area contributed by atoms with Crippen LogP contribution in [0, 0.1) is 5.82 Å². The van der Waals surface area contributed by atoms with Gasteiger partial charge in [0.05, 0.1) is 0 Å². The molecule has 4 heteroatoms. The van der Waals surface area contributed by atoms with Crippen LogP contribution in [0.4, 0.5) is 10.1 Å². The molecule has 0 bridgehead atoms. The van der Waals surface area contributed by atoms with Gasteiger partial charge >= 0.3 is 0 Å². The Morgan fingerprint density at radius 2 is 1.75 bits per heavy atom. The SMILES string of the molecule is CN(C)CCCNc1ccc(/C=C/C(=O)c2ccc(F)cc2)cc1. The van der Waals surface area contributed by atoms with Gasteiger partial charge in [-0.2, -0.15) is 0 Å². The molecular formula is C20H23FN2O. The minimum Gasteiger partial charge on any atom is -0.385 e. The number of halogens is 1. The second kappa shape index (κ2) is 8.99.